The van der Waals surface area contributed by atoms with Crippen molar-refractivity contribution >= 4 is 17.7 Å². The first-order valence-corrected chi connectivity index (χ1v) is 9.56. The molecule has 1 rings (SSSR count). The summed E-state index contributed by atoms with van der Waals surface area (Å²) in [5, 5.41) is 20.3. The van der Waals surface area contributed by atoms with Crippen LogP contribution in [-0.4, -0.2) is 29.0 Å². The van der Waals surface area contributed by atoms with Gasteiger partial charge in [0.15, 0.2) is 0 Å². The summed E-state index contributed by atoms with van der Waals surface area (Å²) in [4.78, 5) is 12.1. The first kappa shape index (κ1) is 20.7. The molecule has 0 saturated heterocycles. The van der Waals surface area contributed by atoms with Crippen molar-refractivity contribution in [3.63, 3.8) is 0 Å². The van der Waals surface area contributed by atoms with Gasteiger partial charge < -0.3 is 14.9 Å². The zero-order chi connectivity index (χ0) is 18.2. The molecule has 0 amide bonds. The summed E-state index contributed by atoms with van der Waals surface area (Å²) >= 11 is 1.62. The number of carbonyl (C=O) groups is 1. The fourth-order valence-corrected chi connectivity index (χ4v) is 3.64. The molecule has 0 unspecified atom stereocenters. The Kier molecular flexibility index (Phi) is 8.46. The second-order valence-electron chi connectivity index (χ2n) is 6.71. The molecule has 5 heteroatoms. The fourth-order valence-electron chi connectivity index (χ4n) is 2.66. The number of hydrogen-bond donors (Lipinski definition) is 2. The Balaban J connectivity index is 2.82. The molecule has 136 valence electrons. The molecule has 24 heavy (non-hydrogen) atoms. The molecule has 0 heterocycles. The summed E-state index contributed by atoms with van der Waals surface area (Å²) in [7, 11) is 1.39. The Hall–Kier alpha value is -1.36. The second-order valence-corrected chi connectivity index (χ2v) is 7.84. The molecule has 0 radical (unpaired) electrons. The number of hydrogen-bond acceptors (Lipinski definition) is 5. The Bertz CT molecular complexity index is 540. The highest BCUT2D eigenvalue weighted by atomic mass is 32.2. The van der Waals surface area contributed by atoms with Gasteiger partial charge in [-0.1, -0.05) is 33.6 Å². The van der Waals surface area contributed by atoms with E-state index in [9.17, 15) is 15.0 Å². The lowest BCUT2D eigenvalue weighted by Gasteiger charge is -2.27. The topological polar surface area (TPSA) is 66.8 Å². The molecule has 2 N–H and O–H groups in total. The largest absolute Gasteiger partial charge is 0.508 e. The number of thioether (sulfide) groups is 1. The van der Waals surface area contributed by atoms with Crippen LogP contribution in [0.4, 0.5) is 0 Å². The molecule has 1 aromatic rings. The van der Waals surface area contributed by atoms with E-state index in [1.807, 2.05) is 19.9 Å². The molecule has 0 aliphatic heterocycles. The molecule has 0 aliphatic rings. The molecule has 0 fully saturated rings. The van der Waals surface area contributed by atoms with Crippen molar-refractivity contribution in [1.29, 1.82) is 0 Å². The summed E-state index contributed by atoms with van der Waals surface area (Å²) in [6, 6.07) is 3.32. The molecule has 0 aromatic heterocycles. The van der Waals surface area contributed by atoms with E-state index in [1.54, 1.807) is 11.8 Å². The van der Waals surface area contributed by atoms with E-state index in [2.05, 4.69) is 11.7 Å². The third-order valence-corrected chi connectivity index (χ3v) is 5.35. The molecule has 1 aromatic carbocycles. The number of methoxy groups -OCH3 is 1. The van der Waals surface area contributed by atoms with Crippen LogP contribution in [0.15, 0.2) is 17.0 Å². The first-order chi connectivity index (χ1) is 11.3. The summed E-state index contributed by atoms with van der Waals surface area (Å²) in [6.45, 7) is 6.25. The average molecular weight is 355 g/mol. The fraction of sp³-hybridized carbons (Fsp3) is 0.632. The molecular formula is C19H30O4S. The second kappa shape index (κ2) is 9.82. The SMILES string of the molecule is CCCCCSc1cc(C(C)(C)CCCC(=O)OC)c(O)cc1O. The summed E-state index contributed by atoms with van der Waals surface area (Å²) in [5.41, 5.74) is 0.521. The third-order valence-electron chi connectivity index (χ3n) is 4.22. The Morgan fingerprint density at radius 2 is 1.88 bits per heavy atom. The maximum atomic E-state index is 11.3. The lowest BCUT2D eigenvalue weighted by atomic mass is 9.79. The van der Waals surface area contributed by atoms with Crippen molar-refractivity contribution in [1.82, 2.24) is 0 Å². The average Bonchev–Trinajstić information content (AvgIpc) is 2.52. The quantitative estimate of drug-likeness (QED) is 0.351. The van der Waals surface area contributed by atoms with E-state index in [0.29, 0.717) is 12.8 Å². The van der Waals surface area contributed by atoms with E-state index < -0.39 is 0 Å². The number of esters is 1. The maximum absolute atomic E-state index is 11.3. The van der Waals surface area contributed by atoms with E-state index in [4.69, 9.17) is 0 Å². The number of ether oxygens (including phenoxy) is 1. The van der Waals surface area contributed by atoms with Crippen LogP contribution in [0.3, 0.4) is 0 Å². The number of phenolic OH excluding ortho intramolecular Hbond substituents is 2. The highest BCUT2D eigenvalue weighted by Crippen LogP contribution is 2.41. The predicted molar refractivity (Wildman–Crippen MR) is 98.9 cm³/mol. The van der Waals surface area contributed by atoms with Crippen LogP contribution in [0.2, 0.25) is 0 Å². The Morgan fingerprint density at radius 3 is 2.50 bits per heavy atom. The smallest absolute Gasteiger partial charge is 0.305 e. The van der Waals surface area contributed by atoms with Gasteiger partial charge in [0.25, 0.3) is 0 Å². The molecular weight excluding hydrogens is 324 g/mol. The molecule has 0 spiro atoms. The molecule has 4 nitrogen and oxygen atoms in total. The van der Waals surface area contributed by atoms with Crippen molar-refractivity contribution in [3.05, 3.63) is 17.7 Å². The summed E-state index contributed by atoms with van der Waals surface area (Å²) < 4.78 is 4.67. The van der Waals surface area contributed by atoms with Gasteiger partial charge in [-0.2, -0.15) is 0 Å². The van der Waals surface area contributed by atoms with Crippen molar-refractivity contribution in [2.45, 2.75) is 69.6 Å². The number of benzene rings is 1. The normalized spacial score (nSPS) is 11.5. The van der Waals surface area contributed by atoms with Crippen LogP contribution in [0, 0.1) is 0 Å². The number of rotatable bonds is 10. The summed E-state index contributed by atoms with van der Waals surface area (Å²) in [6.07, 6.45) is 5.27. The molecule has 0 atom stereocenters. The summed E-state index contributed by atoms with van der Waals surface area (Å²) in [5.74, 6) is 0.971. The maximum Gasteiger partial charge on any atom is 0.305 e. The minimum atomic E-state index is -0.287. The molecule has 0 aliphatic carbocycles. The van der Waals surface area contributed by atoms with Crippen molar-refractivity contribution in [2.24, 2.45) is 0 Å². The van der Waals surface area contributed by atoms with Gasteiger partial charge in [0.1, 0.15) is 11.5 Å². The van der Waals surface area contributed by atoms with Gasteiger partial charge in [0.2, 0.25) is 0 Å². The van der Waals surface area contributed by atoms with E-state index in [-0.39, 0.29) is 22.9 Å². The number of carbonyl (C=O) groups excluding carboxylic acids is 1. The zero-order valence-electron chi connectivity index (χ0n) is 15.2. The number of unbranched alkanes of at least 4 members (excludes halogenated alkanes) is 2. The number of aromatic hydroxyl groups is 2. The highest BCUT2D eigenvalue weighted by Gasteiger charge is 2.25. The van der Waals surface area contributed by atoms with Crippen LogP contribution in [0.25, 0.3) is 0 Å². The third kappa shape index (κ3) is 6.27. The Morgan fingerprint density at radius 1 is 1.17 bits per heavy atom. The van der Waals surface area contributed by atoms with Gasteiger partial charge in [-0.05, 0) is 36.5 Å². The van der Waals surface area contributed by atoms with Crippen LogP contribution < -0.4 is 0 Å². The zero-order valence-corrected chi connectivity index (χ0v) is 16.0. The van der Waals surface area contributed by atoms with Crippen LogP contribution in [-0.2, 0) is 14.9 Å². The lowest BCUT2D eigenvalue weighted by molar-refractivity contribution is -0.140. The van der Waals surface area contributed by atoms with Crippen LogP contribution >= 0.6 is 11.8 Å². The van der Waals surface area contributed by atoms with E-state index >= 15 is 0 Å². The molecule has 0 bridgehead atoms. The minimum Gasteiger partial charge on any atom is -0.508 e. The van der Waals surface area contributed by atoms with Crippen LogP contribution in [0.1, 0.15) is 64.9 Å². The predicted octanol–water partition coefficient (Wildman–Crippen LogP) is 5.00. The van der Waals surface area contributed by atoms with E-state index in [0.717, 1.165) is 29.1 Å². The van der Waals surface area contributed by atoms with Gasteiger partial charge in [-0.25, -0.2) is 0 Å². The highest BCUT2D eigenvalue weighted by molar-refractivity contribution is 7.99. The monoisotopic (exact) mass is 354 g/mol. The van der Waals surface area contributed by atoms with Crippen molar-refractivity contribution in [2.75, 3.05) is 12.9 Å². The Labute approximate surface area is 149 Å². The van der Waals surface area contributed by atoms with Gasteiger partial charge in [-0.15, -0.1) is 11.8 Å². The molecule has 0 saturated carbocycles. The van der Waals surface area contributed by atoms with Gasteiger partial charge in [0, 0.05) is 22.9 Å². The van der Waals surface area contributed by atoms with Gasteiger partial charge >= 0.3 is 5.97 Å². The standard InChI is InChI=1S/C19H30O4S/c1-5-6-7-11-24-17-12-14(15(20)13-16(17)21)19(2,3)10-8-9-18(22)23-4/h12-13,20-21H,5-11H2,1-4H3. The lowest BCUT2D eigenvalue weighted by Crippen LogP contribution is -2.18. The van der Waals surface area contributed by atoms with Gasteiger partial charge in [0.05, 0.1) is 7.11 Å². The van der Waals surface area contributed by atoms with E-state index in [1.165, 1.54) is 26.0 Å². The van der Waals surface area contributed by atoms with Crippen LogP contribution in [0.5, 0.6) is 11.5 Å². The minimum absolute atomic E-state index is 0.105. The first-order valence-electron chi connectivity index (χ1n) is 8.58. The van der Waals surface area contributed by atoms with Crippen molar-refractivity contribution < 1.29 is 19.7 Å². The van der Waals surface area contributed by atoms with Gasteiger partial charge in [-0.3, -0.25) is 4.79 Å². The number of phenols is 2. The van der Waals surface area contributed by atoms with Crippen molar-refractivity contribution in [3.8, 4) is 11.5 Å².